The maximum atomic E-state index is 10.5. The molecular formula is C27H36N4O4. The molecular weight excluding hydrogens is 444 g/mol. The van der Waals surface area contributed by atoms with Gasteiger partial charge in [0.15, 0.2) is 5.52 Å². The van der Waals surface area contributed by atoms with Gasteiger partial charge < -0.3 is 19.5 Å². The Labute approximate surface area is 206 Å². The standard InChI is InChI=1S/C25H30N4O4.C2H6/c30-25(16-32-17-25)21-3-1-19(2-4-21)20-13-22-24(27-33-26-22)23(14-20)29-7-5-18(6-8-29)15-28-9-11-31-12-10-28;1-2/h1-4,13-14,18,30H,5-12,15-17H2;1-2H3. The Hall–Kier alpha value is -2.52. The number of benzene rings is 2. The van der Waals surface area contributed by atoms with Crippen LogP contribution in [0.3, 0.4) is 0 Å². The number of hydrogen-bond acceptors (Lipinski definition) is 8. The number of nitrogens with zero attached hydrogens (tertiary/aromatic N) is 4. The number of piperidine rings is 1. The predicted octanol–water partition coefficient (Wildman–Crippen LogP) is 3.68. The third-order valence-corrected chi connectivity index (χ3v) is 7.35. The lowest BCUT2D eigenvalue weighted by Crippen LogP contribution is -2.46. The second kappa shape index (κ2) is 10.6. The molecule has 3 aliphatic heterocycles. The summed E-state index contributed by atoms with van der Waals surface area (Å²) in [6.45, 7) is 11.7. The molecule has 0 spiro atoms. The average Bonchev–Trinajstić information content (AvgIpc) is 3.38. The van der Waals surface area contributed by atoms with Gasteiger partial charge in [-0.25, -0.2) is 4.63 Å². The Morgan fingerprint density at radius 2 is 1.63 bits per heavy atom. The van der Waals surface area contributed by atoms with Crippen molar-refractivity contribution in [3.8, 4) is 11.1 Å². The number of aliphatic hydroxyl groups is 1. The first kappa shape index (κ1) is 24.2. The van der Waals surface area contributed by atoms with Crippen LogP contribution in [0, 0.1) is 5.92 Å². The SMILES string of the molecule is CC.OC1(c2ccc(-c3cc(N4CCC(CN5CCOCC5)CC4)c4nonc4c3)cc2)COC1. The third kappa shape index (κ3) is 5.07. The fourth-order valence-corrected chi connectivity index (χ4v) is 5.22. The minimum atomic E-state index is -0.852. The van der Waals surface area contributed by atoms with Crippen molar-refractivity contribution in [2.45, 2.75) is 32.3 Å². The molecule has 0 amide bonds. The van der Waals surface area contributed by atoms with E-state index in [0.29, 0.717) is 13.2 Å². The van der Waals surface area contributed by atoms with Crippen LogP contribution in [0.4, 0.5) is 5.69 Å². The molecule has 0 aliphatic carbocycles. The number of morpholine rings is 1. The molecule has 0 radical (unpaired) electrons. The maximum Gasteiger partial charge on any atom is 0.158 e. The lowest BCUT2D eigenvalue weighted by atomic mass is 9.90. The van der Waals surface area contributed by atoms with E-state index in [-0.39, 0.29) is 0 Å². The lowest BCUT2D eigenvalue weighted by molar-refractivity contribution is -0.184. The fourth-order valence-electron chi connectivity index (χ4n) is 5.22. The first-order valence-electron chi connectivity index (χ1n) is 12.9. The van der Waals surface area contributed by atoms with Crippen LogP contribution >= 0.6 is 0 Å². The number of rotatable bonds is 5. The van der Waals surface area contributed by atoms with Crippen molar-refractivity contribution in [3.05, 3.63) is 42.0 Å². The molecule has 2 aromatic carbocycles. The normalized spacial score (nSPS) is 20.8. The highest BCUT2D eigenvalue weighted by Gasteiger charge is 2.37. The van der Waals surface area contributed by atoms with Crippen LogP contribution in [-0.2, 0) is 15.1 Å². The largest absolute Gasteiger partial charge is 0.380 e. The van der Waals surface area contributed by atoms with Crippen LogP contribution in [0.5, 0.6) is 0 Å². The van der Waals surface area contributed by atoms with Crippen molar-refractivity contribution in [1.82, 2.24) is 15.2 Å². The van der Waals surface area contributed by atoms with E-state index in [9.17, 15) is 5.11 Å². The number of ether oxygens (including phenoxy) is 2. The molecule has 1 N–H and O–H groups in total. The van der Waals surface area contributed by atoms with E-state index in [1.165, 1.54) is 19.4 Å². The highest BCUT2D eigenvalue weighted by atomic mass is 16.6. The molecule has 8 heteroatoms. The van der Waals surface area contributed by atoms with Gasteiger partial charge in [-0.05, 0) is 57.9 Å². The van der Waals surface area contributed by atoms with Gasteiger partial charge in [-0.15, -0.1) is 0 Å². The van der Waals surface area contributed by atoms with Crippen molar-refractivity contribution in [1.29, 1.82) is 0 Å². The zero-order valence-corrected chi connectivity index (χ0v) is 20.8. The van der Waals surface area contributed by atoms with Crippen molar-refractivity contribution < 1.29 is 19.2 Å². The van der Waals surface area contributed by atoms with E-state index in [4.69, 9.17) is 14.1 Å². The highest BCUT2D eigenvalue weighted by Crippen LogP contribution is 2.35. The third-order valence-electron chi connectivity index (χ3n) is 7.35. The molecule has 6 rings (SSSR count). The second-order valence-corrected chi connectivity index (χ2v) is 9.57. The van der Waals surface area contributed by atoms with Gasteiger partial charge in [0.1, 0.15) is 11.1 Å². The summed E-state index contributed by atoms with van der Waals surface area (Å²) >= 11 is 0. The van der Waals surface area contributed by atoms with Gasteiger partial charge in [-0.3, -0.25) is 4.90 Å². The van der Waals surface area contributed by atoms with Gasteiger partial charge in [-0.1, -0.05) is 38.1 Å². The van der Waals surface area contributed by atoms with Crippen molar-refractivity contribution in [3.63, 3.8) is 0 Å². The monoisotopic (exact) mass is 480 g/mol. The number of hydrogen-bond donors (Lipinski definition) is 1. The Balaban J connectivity index is 0.00000124. The Morgan fingerprint density at radius 3 is 2.29 bits per heavy atom. The zero-order chi connectivity index (χ0) is 24.3. The molecule has 3 saturated heterocycles. The Bertz CT molecular complexity index is 1100. The summed E-state index contributed by atoms with van der Waals surface area (Å²) in [5.41, 5.74) is 4.88. The van der Waals surface area contributed by atoms with E-state index < -0.39 is 5.60 Å². The van der Waals surface area contributed by atoms with E-state index in [1.807, 2.05) is 32.0 Å². The maximum absolute atomic E-state index is 10.5. The molecule has 3 aromatic rings. The van der Waals surface area contributed by atoms with Gasteiger partial charge >= 0.3 is 0 Å². The molecule has 8 nitrogen and oxygen atoms in total. The summed E-state index contributed by atoms with van der Waals surface area (Å²) in [7, 11) is 0. The van der Waals surface area contributed by atoms with E-state index in [1.54, 1.807) is 0 Å². The van der Waals surface area contributed by atoms with Crippen LogP contribution in [0.2, 0.25) is 0 Å². The van der Waals surface area contributed by atoms with Gasteiger partial charge in [-0.2, -0.15) is 0 Å². The number of anilines is 1. The topological polar surface area (TPSA) is 84.1 Å². The van der Waals surface area contributed by atoms with Crippen LogP contribution in [0.15, 0.2) is 41.0 Å². The molecule has 1 aromatic heterocycles. The first-order chi connectivity index (χ1) is 17.2. The van der Waals surface area contributed by atoms with Gasteiger partial charge in [0.05, 0.1) is 32.1 Å². The minimum absolute atomic E-state index is 0.356. The predicted molar refractivity (Wildman–Crippen MR) is 135 cm³/mol. The molecule has 4 heterocycles. The number of fused-ring (bicyclic) bond motifs is 1. The van der Waals surface area contributed by atoms with Gasteiger partial charge in [0.25, 0.3) is 0 Å². The Kier molecular flexibility index (Phi) is 7.34. The summed E-state index contributed by atoms with van der Waals surface area (Å²) in [4.78, 5) is 4.97. The quantitative estimate of drug-likeness (QED) is 0.592. The van der Waals surface area contributed by atoms with E-state index in [2.05, 4.69) is 38.3 Å². The van der Waals surface area contributed by atoms with Gasteiger partial charge in [0.2, 0.25) is 0 Å². The molecule has 0 unspecified atom stereocenters. The Morgan fingerprint density at radius 1 is 0.914 bits per heavy atom. The summed E-state index contributed by atoms with van der Waals surface area (Å²) < 4.78 is 15.8. The van der Waals surface area contributed by atoms with E-state index >= 15 is 0 Å². The molecule has 0 atom stereocenters. The molecule has 3 fully saturated rings. The highest BCUT2D eigenvalue weighted by molar-refractivity contribution is 5.92. The first-order valence-corrected chi connectivity index (χ1v) is 12.9. The summed E-state index contributed by atoms with van der Waals surface area (Å²) in [6, 6.07) is 12.3. The van der Waals surface area contributed by atoms with Crippen molar-refractivity contribution >= 4 is 16.7 Å². The van der Waals surface area contributed by atoms with E-state index in [0.717, 1.165) is 78.7 Å². The van der Waals surface area contributed by atoms with Crippen molar-refractivity contribution in [2.75, 3.05) is 64.1 Å². The van der Waals surface area contributed by atoms with Crippen LogP contribution in [0.1, 0.15) is 32.3 Å². The molecule has 0 bridgehead atoms. The lowest BCUT2D eigenvalue weighted by Gasteiger charge is -2.37. The summed E-state index contributed by atoms with van der Waals surface area (Å²) in [5, 5.41) is 18.9. The average molecular weight is 481 g/mol. The minimum Gasteiger partial charge on any atom is -0.380 e. The summed E-state index contributed by atoms with van der Waals surface area (Å²) in [6.07, 6.45) is 2.34. The summed E-state index contributed by atoms with van der Waals surface area (Å²) in [5.74, 6) is 0.724. The zero-order valence-electron chi connectivity index (χ0n) is 20.8. The van der Waals surface area contributed by atoms with Crippen LogP contribution in [-0.4, -0.2) is 79.5 Å². The van der Waals surface area contributed by atoms with Gasteiger partial charge in [0, 0.05) is 32.7 Å². The molecule has 35 heavy (non-hydrogen) atoms. The fraction of sp³-hybridized carbons (Fsp3) is 0.556. The van der Waals surface area contributed by atoms with Crippen molar-refractivity contribution in [2.24, 2.45) is 5.92 Å². The number of aromatic nitrogens is 2. The molecule has 0 saturated carbocycles. The van der Waals surface area contributed by atoms with Crippen LogP contribution < -0.4 is 4.90 Å². The molecule has 3 aliphatic rings. The smallest absolute Gasteiger partial charge is 0.158 e. The second-order valence-electron chi connectivity index (χ2n) is 9.57. The molecule has 188 valence electrons. The van der Waals surface area contributed by atoms with Crippen LogP contribution in [0.25, 0.3) is 22.2 Å².